The molecular weight excluding hydrogens is 420 g/mol. The van der Waals surface area contributed by atoms with Crippen molar-refractivity contribution >= 4 is 35.0 Å². The van der Waals surface area contributed by atoms with E-state index in [0.717, 1.165) is 21.9 Å². The summed E-state index contributed by atoms with van der Waals surface area (Å²) in [5, 5.41) is 5.80. The summed E-state index contributed by atoms with van der Waals surface area (Å²) < 4.78 is 5.14. The van der Waals surface area contributed by atoms with Gasteiger partial charge < -0.3 is 15.1 Å². The quantitative estimate of drug-likeness (QED) is 0.326. The average Bonchev–Trinajstić information content (AvgIpc) is 3.36. The second-order valence-electron chi connectivity index (χ2n) is 7.19. The highest BCUT2D eigenvalue weighted by Gasteiger charge is 2.14. The van der Waals surface area contributed by atoms with Crippen molar-refractivity contribution < 1.29 is 14.0 Å². The number of benzene rings is 3. The van der Waals surface area contributed by atoms with E-state index in [4.69, 9.17) is 4.42 Å². The average molecular weight is 443 g/mol. The molecule has 0 unspecified atom stereocenters. The highest BCUT2D eigenvalue weighted by molar-refractivity contribution is 7.98. The number of thioether (sulfide) groups is 1. The van der Waals surface area contributed by atoms with Crippen LogP contribution >= 0.6 is 11.8 Å². The zero-order valence-electron chi connectivity index (χ0n) is 17.5. The molecule has 3 aromatic carbocycles. The molecular formula is C26H22N2O3S. The largest absolute Gasteiger partial charge is 0.459 e. The molecule has 32 heavy (non-hydrogen) atoms. The van der Waals surface area contributed by atoms with Crippen molar-refractivity contribution in [2.45, 2.75) is 17.6 Å². The van der Waals surface area contributed by atoms with Crippen molar-refractivity contribution in [1.82, 2.24) is 0 Å². The zero-order valence-corrected chi connectivity index (χ0v) is 18.3. The van der Waals surface area contributed by atoms with Crippen LogP contribution in [0.2, 0.25) is 0 Å². The van der Waals surface area contributed by atoms with Gasteiger partial charge in [-0.15, -0.1) is 11.8 Å². The minimum atomic E-state index is -0.363. The molecule has 4 rings (SSSR count). The number of hydrogen-bond acceptors (Lipinski definition) is 4. The first-order chi connectivity index (χ1) is 15.6. The van der Waals surface area contributed by atoms with Crippen molar-refractivity contribution in [2.75, 3.05) is 10.6 Å². The Morgan fingerprint density at radius 2 is 1.56 bits per heavy atom. The molecule has 0 atom stereocenters. The monoisotopic (exact) mass is 442 g/mol. The van der Waals surface area contributed by atoms with Gasteiger partial charge in [0.15, 0.2) is 5.76 Å². The van der Waals surface area contributed by atoms with Gasteiger partial charge in [0, 0.05) is 21.9 Å². The lowest BCUT2D eigenvalue weighted by Gasteiger charge is -2.13. The molecule has 0 radical (unpaired) electrons. The Morgan fingerprint density at radius 1 is 0.812 bits per heavy atom. The molecule has 2 N–H and O–H groups in total. The number of amides is 2. The minimum Gasteiger partial charge on any atom is -0.459 e. The fourth-order valence-electron chi connectivity index (χ4n) is 3.12. The van der Waals surface area contributed by atoms with E-state index in [1.54, 1.807) is 36.0 Å². The summed E-state index contributed by atoms with van der Waals surface area (Å²) in [6, 6.07) is 26.4. The number of nitrogens with one attached hydrogen (secondary N) is 2. The van der Waals surface area contributed by atoms with Gasteiger partial charge in [0.25, 0.3) is 11.8 Å². The van der Waals surface area contributed by atoms with Crippen LogP contribution in [-0.2, 0) is 5.75 Å². The fourth-order valence-corrected chi connectivity index (χ4v) is 4.08. The summed E-state index contributed by atoms with van der Waals surface area (Å²) in [5.41, 5.74) is 3.83. The first-order valence-electron chi connectivity index (χ1n) is 10.1. The molecule has 1 heterocycles. The van der Waals surface area contributed by atoms with Gasteiger partial charge in [-0.3, -0.25) is 9.59 Å². The maximum absolute atomic E-state index is 13.0. The van der Waals surface area contributed by atoms with Crippen LogP contribution in [0.4, 0.5) is 11.4 Å². The van der Waals surface area contributed by atoms with Gasteiger partial charge in [-0.1, -0.05) is 48.5 Å². The lowest BCUT2D eigenvalue weighted by molar-refractivity contribution is 0.0993. The summed E-state index contributed by atoms with van der Waals surface area (Å²) in [5.74, 6) is 0.412. The minimum absolute atomic E-state index is 0.212. The van der Waals surface area contributed by atoms with Crippen LogP contribution < -0.4 is 10.6 Å². The van der Waals surface area contributed by atoms with Crippen LogP contribution in [0.15, 0.2) is 101 Å². The van der Waals surface area contributed by atoms with Crippen molar-refractivity contribution in [1.29, 1.82) is 0 Å². The summed E-state index contributed by atoms with van der Waals surface area (Å²) in [4.78, 5) is 26.3. The summed E-state index contributed by atoms with van der Waals surface area (Å²) in [7, 11) is 0. The molecule has 0 aliphatic rings. The Labute approximate surface area is 190 Å². The Kier molecular flexibility index (Phi) is 6.72. The van der Waals surface area contributed by atoms with E-state index >= 15 is 0 Å². The van der Waals surface area contributed by atoms with Gasteiger partial charge in [0.05, 0.1) is 12.0 Å². The van der Waals surface area contributed by atoms with E-state index in [9.17, 15) is 9.59 Å². The number of aryl methyl sites for hydroxylation is 1. The smallest absolute Gasteiger partial charge is 0.291 e. The van der Waals surface area contributed by atoms with Crippen molar-refractivity contribution in [3.8, 4) is 0 Å². The van der Waals surface area contributed by atoms with E-state index in [1.165, 1.54) is 11.8 Å². The van der Waals surface area contributed by atoms with E-state index in [1.807, 2.05) is 55.5 Å². The highest BCUT2D eigenvalue weighted by Crippen LogP contribution is 2.30. The zero-order chi connectivity index (χ0) is 22.3. The molecule has 0 spiro atoms. The normalized spacial score (nSPS) is 10.5. The maximum Gasteiger partial charge on any atom is 0.291 e. The first-order valence-corrected chi connectivity index (χ1v) is 11.1. The standard InChI is InChI=1S/C26H22N2O3S/c1-18-13-14-20(16-22(18)28-26(30)23-11-7-15-31-23)25(29)27-21-10-5-6-12-24(21)32-17-19-8-3-2-4-9-19/h2-16H,17H2,1H3,(H,27,29)(H,28,30). The molecule has 4 aromatic rings. The van der Waals surface area contributed by atoms with E-state index in [-0.39, 0.29) is 17.6 Å². The lowest BCUT2D eigenvalue weighted by Crippen LogP contribution is -2.15. The third-order valence-corrected chi connectivity index (χ3v) is 6.01. The van der Waals surface area contributed by atoms with Gasteiger partial charge in [-0.05, 0) is 54.4 Å². The van der Waals surface area contributed by atoms with Crippen LogP contribution in [0.1, 0.15) is 32.0 Å². The van der Waals surface area contributed by atoms with Gasteiger partial charge in [-0.2, -0.15) is 0 Å². The number of carbonyl (C=O) groups is 2. The molecule has 0 saturated heterocycles. The van der Waals surface area contributed by atoms with Crippen LogP contribution in [0.3, 0.4) is 0 Å². The van der Waals surface area contributed by atoms with Crippen molar-refractivity contribution in [3.05, 3.63) is 114 Å². The summed E-state index contributed by atoms with van der Waals surface area (Å²) in [6.07, 6.45) is 1.44. The summed E-state index contributed by atoms with van der Waals surface area (Å²) >= 11 is 1.67. The second kappa shape index (κ2) is 10.0. The lowest BCUT2D eigenvalue weighted by atomic mass is 10.1. The van der Waals surface area contributed by atoms with Crippen LogP contribution in [0, 0.1) is 6.92 Å². The molecule has 0 saturated carbocycles. The molecule has 5 nitrogen and oxygen atoms in total. The predicted molar refractivity (Wildman–Crippen MR) is 128 cm³/mol. The number of carbonyl (C=O) groups excluding carboxylic acids is 2. The van der Waals surface area contributed by atoms with Gasteiger partial charge in [0.1, 0.15) is 0 Å². The molecule has 0 bridgehead atoms. The Bertz CT molecular complexity index is 1220. The summed E-state index contributed by atoms with van der Waals surface area (Å²) in [6.45, 7) is 1.87. The van der Waals surface area contributed by atoms with Crippen LogP contribution in [0.5, 0.6) is 0 Å². The topological polar surface area (TPSA) is 71.3 Å². The number of hydrogen-bond donors (Lipinski definition) is 2. The molecule has 160 valence electrons. The Morgan fingerprint density at radius 3 is 2.34 bits per heavy atom. The fraction of sp³-hybridized carbons (Fsp3) is 0.0769. The van der Waals surface area contributed by atoms with Crippen molar-refractivity contribution in [2.24, 2.45) is 0 Å². The Hall–Kier alpha value is -3.77. The van der Waals surface area contributed by atoms with Gasteiger partial charge in [-0.25, -0.2) is 0 Å². The Balaban J connectivity index is 1.48. The third kappa shape index (κ3) is 5.28. The number of para-hydroxylation sites is 1. The van der Waals surface area contributed by atoms with E-state index < -0.39 is 0 Å². The molecule has 0 aliphatic carbocycles. The van der Waals surface area contributed by atoms with Crippen LogP contribution in [0.25, 0.3) is 0 Å². The molecule has 2 amide bonds. The highest BCUT2D eigenvalue weighted by atomic mass is 32.2. The molecule has 0 fully saturated rings. The number of anilines is 2. The SMILES string of the molecule is Cc1ccc(C(=O)Nc2ccccc2SCc2ccccc2)cc1NC(=O)c1ccco1. The number of furan rings is 1. The predicted octanol–water partition coefficient (Wildman–Crippen LogP) is 6.38. The second-order valence-corrected chi connectivity index (χ2v) is 8.20. The van der Waals surface area contributed by atoms with E-state index in [0.29, 0.717) is 11.3 Å². The molecule has 6 heteroatoms. The molecule has 0 aliphatic heterocycles. The number of rotatable bonds is 7. The van der Waals surface area contributed by atoms with E-state index in [2.05, 4.69) is 22.8 Å². The first kappa shape index (κ1) is 21.5. The van der Waals surface area contributed by atoms with Gasteiger partial charge >= 0.3 is 0 Å². The molecule has 1 aromatic heterocycles. The third-order valence-electron chi connectivity index (χ3n) is 4.87. The maximum atomic E-state index is 13.0. The van der Waals surface area contributed by atoms with Crippen LogP contribution in [-0.4, -0.2) is 11.8 Å². The van der Waals surface area contributed by atoms with Crippen molar-refractivity contribution in [3.63, 3.8) is 0 Å². The van der Waals surface area contributed by atoms with Gasteiger partial charge in [0.2, 0.25) is 0 Å².